The van der Waals surface area contributed by atoms with Gasteiger partial charge in [-0.15, -0.1) is 0 Å². The lowest BCUT2D eigenvalue weighted by Gasteiger charge is -2.28. The molecule has 0 aliphatic carbocycles. The molecule has 0 unspecified atom stereocenters. The van der Waals surface area contributed by atoms with E-state index >= 15 is 0 Å². The standard InChI is InChI=1S/C24H24F4N4O3/c1-23(2,3)35-22(34)32-10-9-16(25)21(32)19(33)7-5-14-11-17(30-13-18(14)29-4)15-6-8-20(31-12-15)24(26,27)28/h6,8,11-13,16,21H,5,7,9-10H2,1-3H3/t16-,21-/m0/s1. The van der Waals surface area contributed by atoms with E-state index in [0.29, 0.717) is 11.1 Å². The van der Waals surface area contributed by atoms with Gasteiger partial charge in [0.05, 0.1) is 12.3 Å². The zero-order valence-corrected chi connectivity index (χ0v) is 19.4. The van der Waals surface area contributed by atoms with Crippen LogP contribution in [-0.4, -0.2) is 51.1 Å². The van der Waals surface area contributed by atoms with Gasteiger partial charge in [-0.1, -0.05) is 0 Å². The van der Waals surface area contributed by atoms with Crippen molar-refractivity contribution in [1.29, 1.82) is 0 Å². The minimum absolute atomic E-state index is 0.0171. The number of alkyl halides is 4. The number of amides is 1. The lowest BCUT2D eigenvalue weighted by molar-refractivity contribution is -0.141. The molecule has 2 aromatic heterocycles. The second-order valence-electron chi connectivity index (χ2n) is 9.13. The third-order valence-electron chi connectivity index (χ3n) is 5.36. The van der Waals surface area contributed by atoms with Crippen LogP contribution in [0.2, 0.25) is 0 Å². The lowest BCUT2D eigenvalue weighted by Crippen LogP contribution is -2.46. The zero-order valence-electron chi connectivity index (χ0n) is 19.4. The molecule has 0 aromatic carbocycles. The Morgan fingerprint density at radius 1 is 1.20 bits per heavy atom. The van der Waals surface area contributed by atoms with Crippen LogP contribution in [0.4, 0.5) is 28.0 Å². The monoisotopic (exact) mass is 492 g/mol. The number of halogens is 4. The van der Waals surface area contributed by atoms with Gasteiger partial charge in [0, 0.05) is 30.9 Å². The summed E-state index contributed by atoms with van der Waals surface area (Å²) in [4.78, 5) is 37.3. The first-order valence-electron chi connectivity index (χ1n) is 10.9. The summed E-state index contributed by atoms with van der Waals surface area (Å²) in [6, 6.07) is 2.27. The fourth-order valence-corrected chi connectivity index (χ4v) is 3.72. The summed E-state index contributed by atoms with van der Waals surface area (Å²) in [5.41, 5.74) is -0.677. The molecular weight excluding hydrogens is 468 g/mol. The van der Waals surface area contributed by atoms with E-state index in [9.17, 15) is 27.2 Å². The van der Waals surface area contributed by atoms with E-state index in [-0.39, 0.29) is 37.2 Å². The van der Waals surface area contributed by atoms with Crippen molar-refractivity contribution in [2.75, 3.05) is 6.54 Å². The highest BCUT2D eigenvalue weighted by Gasteiger charge is 2.43. The number of hydrogen-bond donors (Lipinski definition) is 0. The van der Waals surface area contributed by atoms with E-state index < -0.39 is 41.6 Å². The van der Waals surface area contributed by atoms with Gasteiger partial charge in [-0.05, 0) is 57.4 Å². The van der Waals surface area contributed by atoms with Crippen molar-refractivity contribution in [3.8, 4) is 11.3 Å². The number of aryl methyl sites for hydroxylation is 1. The number of ketones is 1. The van der Waals surface area contributed by atoms with Gasteiger partial charge in [0.25, 0.3) is 0 Å². The molecule has 1 amide bonds. The maximum Gasteiger partial charge on any atom is 0.433 e. The summed E-state index contributed by atoms with van der Waals surface area (Å²) in [6.07, 6.45) is -4.65. The first kappa shape index (κ1) is 26.1. The number of carbonyl (C=O) groups is 2. The molecule has 0 N–H and O–H groups in total. The van der Waals surface area contributed by atoms with Crippen molar-refractivity contribution in [2.45, 2.75) is 64.0 Å². The minimum Gasteiger partial charge on any atom is -0.444 e. The number of aromatic nitrogens is 2. The normalized spacial score (nSPS) is 18.3. The van der Waals surface area contributed by atoms with Crippen molar-refractivity contribution < 1.29 is 31.9 Å². The molecule has 186 valence electrons. The number of pyridine rings is 2. The van der Waals surface area contributed by atoms with Gasteiger partial charge in [0.15, 0.2) is 5.78 Å². The highest BCUT2D eigenvalue weighted by atomic mass is 19.4. The summed E-state index contributed by atoms with van der Waals surface area (Å²) in [6.45, 7) is 12.4. The molecule has 0 bridgehead atoms. The SMILES string of the molecule is [C-]#[N+]c1cnc(-c2ccc(C(F)(F)F)nc2)cc1CCC(=O)[C@@H]1[C@@H](F)CCN1C(=O)OC(C)(C)C. The quantitative estimate of drug-likeness (QED) is 0.403. The number of carbonyl (C=O) groups excluding carboxylic acids is 2. The third kappa shape index (κ3) is 6.32. The Morgan fingerprint density at radius 2 is 1.91 bits per heavy atom. The van der Waals surface area contributed by atoms with Crippen molar-refractivity contribution in [3.05, 3.63) is 53.3 Å². The molecule has 1 aliphatic rings. The Kier molecular flexibility index (Phi) is 7.43. The predicted molar refractivity (Wildman–Crippen MR) is 118 cm³/mol. The van der Waals surface area contributed by atoms with Gasteiger partial charge < -0.3 is 4.74 Å². The predicted octanol–water partition coefficient (Wildman–Crippen LogP) is 5.56. The second kappa shape index (κ2) is 9.98. The first-order chi connectivity index (χ1) is 16.3. The second-order valence-corrected chi connectivity index (χ2v) is 9.13. The fourth-order valence-electron chi connectivity index (χ4n) is 3.72. The molecule has 3 rings (SSSR count). The molecule has 7 nitrogen and oxygen atoms in total. The Balaban J connectivity index is 1.77. The highest BCUT2D eigenvalue weighted by Crippen LogP contribution is 2.31. The van der Waals surface area contributed by atoms with E-state index in [1.807, 2.05) is 0 Å². The van der Waals surface area contributed by atoms with E-state index in [0.717, 1.165) is 17.2 Å². The maximum absolute atomic E-state index is 14.5. The van der Waals surface area contributed by atoms with Crippen LogP contribution in [0.5, 0.6) is 0 Å². The number of nitrogens with zero attached hydrogens (tertiary/aromatic N) is 4. The number of Topliss-reactive ketones (excluding diaryl/α,β-unsaturated/α-hetero) is 1. The largest absolute Gasteiger partial charge is 0.444 e. The van der Waals surface area contributed by atoms with Gasteiger partial charge in [-0.3, -0.25) is 19.7 Å². The van der Waals surface area contributed by atoms with Crippen LogP contribution in [0, 0.1) is 6.57 Å². The fraction of sp³-hybridized carbons (Fsp3) is 0.458. The van der Waals surface area contributed by atoms with Crippen molar-refractivity contribution in [3.63, 3.8) is 0 Å². The molecule has 1 aliphatic heterocycles. The summed E-state index contributed by atoms with van der Waals surface area (Å²) in [7, 11) is 0. The number of hydrogen-bond acceptors (Lipinski definition) is 5. The van der Waals surface area contributed by atoms with Gasteiger partial charge in [0.1, 0.15) is 23.5 Å². The van der Waals surface area contributed by atoms with Crippen LogP contribution >= 0.6 is 0 Å². The average molecular weight is 492 g/mol. The van der Waals surface area contributed by atoms with E-state index in [4.69, 9.17) is 11.3 Å². The Labute approximate surface area is 199 Å². The topological polar surface area (TPSA) is 76.8 Å². The van der Waals surface area contributed by atoms with E-state index in [1.165, 1.54) is 18.3 Å². The molecule has 11 heteroatoms. The number of rotatable bonds is 5. The molecule has 1 saturated heterocycles. The van der Waals surface area contributed by atoms with Crippen molar-refractivity contribution in [1.82, 2.24) is 14.9 Å². The molecule has 2 aromatic rings. The van der Waals surface area contributed by atoms with Crippen LogP contribution in [0.25, 0.3) is 16.1 Å². The van der Waals surface area contributed by atoms with Gasteiger partial charge in [0.2, 0.25) is 5.69 Å². The molecule has 35 heavy (non-hydrogen) atoms. The van der Waals surface area contributed by atoms with Crippen molar-refractivity contribution in [2.24, 2.45) is 0 Å². The van der Waals surface area contributed by atoms with Gasteiger partial charge >= 0.3 is 12.3 Å². The van der Waals surface area contributed by atoms with Crippen LogP contribution in [0.1, 0.15) is 44.9 Å². The molecule has 0 radical (unpaired) electrons. The summed E-state index contributed by atoms with van der Waals surface area (Å²) < 4.78 is 58.1. The van der Waals surface area contributed by atoms with Crippen LogP contribution in [0.15, 0.2) is 30.6 Å². The van der Waals surface area contributed by atoms with Crippen LogP contribution in [0.3, 0.4) is 0 Å². The highest BCUT2D eigenvalue weighted by molar-refractivity contribution is 5.89. The van der Waals surface area contributed by atoms with E-state index in [1.54, 1.807) is 20.8 Å². The molecule has 0 saturated carbocycles. The Morgan fingerprint density at radius 3 is 2.49 bits per heavy atom. The minimum atomic E-state index is -4.58. The van der Waals surface area contributed by atoms with Crippen molar-refractivity contribution >= 4 is 17.6 Å². The Hall–Kier alpha value is -3.55. The summed E-state index contributed by atoms with van der Waals surface area (Å²) in [5.74, 6) is -0.508. The van der Waals surface area contributed by atoms with Crippen LogP contribution in [-0.2, 0) is 22.1 Å². The third-order valence-corrected chi connectivity index (χ3v) is 5.36. The van der Waals surface area contributed by atoms with E-state index in [2.05, 4.69) is 14.8 Å². The van der Waals surface area contributed by atoms with Crippen LogP contribution < -0.4 is 0 Å². The zero-order chi connectivity index (χ0) is 26.0. The molecular formula is C24H24F4N4O3. The molecule has 0 spiro atoms. The smallest absolute Gasteiger partial charge is 0.433 e. The number of likely N-dealkylation sites (tertiary alicyclic amines) is 1. The lowest BCUT2D eigenvalue weighted by atomic mass is 9.99. The average Bonchev–Trinajstić information content (AvgIpc) is 3.17. The van der Waals surface area contributed by atoms with Gasteiger partial charge in [-0.25, -0.2) is 14.0 Å². The van der Waals surface area contributed by atoms with Gasteiger partial charge in [-0.2, -0.15) is 13.2 Å². The molecule has 1 fully saturated rings. The summed E-state index contributed by atoms with van der Waals surface area (Å²) >= 11 is 0. The molecule has 2 atom stereocenters. The summed E-state index contributed by atoms with van der Waals surface area (Å²) in [5, 5.41) is 0. The first-order valence-corrected chi connectivity index (χ1v) is 10.9. The maximum atomic E-state index is 14.5. The number of ether oxygens (including phenoxy) is 1. The molecule has 3 heterocycles. The Bertz CT molecular complexity index is 1140.